The zero-order valence-electron chi connectivity index (χ0n) is 24.4. The van der Waals surface area contributed by atoms with Crippen molar-refractivity contribution in [3.8, 4) is 16.9 Å². The second kappa shape index (κ2) is 13.7. The number of ether oxygens (including phenoxy) is 1. The topological polar surface area (TPSA) is 99.2 Å². The molecule has 1 saturated carbocycles. The second-order valence-electron chi connectivity index (χ2n) is 10.9. The van der Waals surface area contributed by atoms with Crippen molar-refractivity contribution in [1.82, 2.24) is 10.2 Å². The van der Waals surface area contributed by atoms with Crippen LogP contribution in [-0.4, -0.2) is 55.2 Å². The SMILES string of the molecule is COc1ccc(-c2ccc(N(C)C=O)cc2)cc1CN(C(=O)c1sc2cccc(F)c2c1Cl)C1CCC(CNC(=O)O)CC1. The monoisotopic (exact) mass is 637 g/mol. The fourth-order valence-electron chi connectivity index (χ4n) is 5.81. The van der Waals surface area contributed by atoms with Gasteiger partial charge in [-0.1, -0.05) is 35.9 Å². The maximum Gasteiger partial charge on any atom is 0.404 e. The van der Waals surface area contributed by atoms with E-state index in [1.165, 1.54) is 22.3 Å². The Morgan fingerprint density at radius 2 is 1.80 bits per heavy atom. The Morgan fingerprint density at radius 1 is 1.09 bits per heavy atom. The predicted octanol–water partition coefficient (Wildman–Crippen LogP) is 7.43. The first-order chi connectivity index (χ1) is 21.2. The molecule has 8 nitrogen and oxygen atoms in total. The number of carboxylic acid groups (broad SMARTS) is 1. The van der Waals surface area contributed by atoms with Gasteiger partial charge in [-0.05, 0) is 79.1 Å². The average molecular weight is 638 g/mol. The van der Waals surface area contributed by atoms with Crippen LogP contribution in [0.5, 0.6) is 5.75 Å². The number of thiophene rings is 1. The van der Waals surface area contributed by atoms with Crippen molar-refractivity contribution in [1.29, 1.82) is 0 Å². The standard InChI is InChI=1S/C33H33ClFN3O5S/c1-37(19-39)24-13-8-21(9-14-24)22-10-15-27(43-2)23(16-22)18-38(25-11-6-20(7-12-25)17-36-33(41)42)32(40)31-30(34)29-26(35)4-3-5-28(29)44-31/h3-5,8-10,13-16,19-20,25,36H,6-7,11-12,17-18H2,1-2H3,(H,41,42). The summed E-state index contributed by atoms with van der Waals surface area (Å²) < 4.78 is 21.0. The predicted molar refractivity (Wildman–Crippen MR) is 171 cm³/mol. The van der Waals surface area contributed by atoms with E-state index >= 15 is 0 Å². The molecular weight excluding hydrogens is 605 g/mol. The highest BCUT2D eigenvalue weighted by Crippen LogP contribution is 2.40. The summed E-state index contributed by atoms with van der Waals surface area (Å²) in [5.41, 5.74) is 3.41. The van der Waals surface area contributed by atoms with Gasteiger partial charge in [0.05, 0.1) is 12.1 Å². The molecule has 0 aliphatic heterocycles. The molecule has 11 heteroatoms. The van der Waals surface area contributed by atoms with Gasteiger partial charge in [0.1, 0.15) is 16.4 Å². The number of carbonyl (C=O) groups excluding carboxylic acids is 2. The lowest BCUT2D eigenvalue weighted by Crippen LogP contribution is -2.43. The van der Waals surface area contributed by atoms with Crippen molar-refractivity contribution >= 4 is 57.1 Å². The molecule has 5 rings (SSSR count). The Bertz CT molecular complexity index is 1670. The highest BCUT2D eigenvalue weighted by Gasteiger charge is 2.33. The van der Waals surface area contributed by atoms with Gasteiger partial charge in [-0.25, -0.2) is 9.18 Å². The molecule has 0 bridgehead atoms. The number of hydrogen-bond acceptors (Lipinski definition) is 5. The van der Waals surface area contributed by atoms with E-state index in [9.17, 15) is 18.8 Å². The molecule has 0 atom stereocenters. The van der Waals surface area contributed by atoms with Crippen molar-refractivity contribution < 1.29 is 28.6 Å². The van der Waals surface area contributed by atoms with Gasteiger partial charge in [0.25, 0.3) is 5.91 Å². The van der Waals surface area contributed by atoms with Crippen LogP contribution in [0.25, 0.3) is 21.2 Å². The van der Waals surface area contributed by atoms with Crippen LogP contribution in [-0.2, 0) is 11.3 Å². The summed E-state index contributed by atoms with van der Waals surface area (Å²) in [5, 5.41) is 11.9. The second-order valence-corrected chi connectivity index (χ2v) is 12.4. The number of hydrogen-bond donors (Lipinski definition) is 2. The van der Waals surface area contributed by atoms with E-state index in [0.717, 1.165) is 41.6 Å². The van der Waals surface area contributed by atoms with E-state index < -0.39 is 11.9 Å². The van der Waals surface area contributed by atoms with Crippen molar-refractivity contribution in [2.24, 2.45) is 5.92 Å². The number of benzene rings is 3. The van der Waals surface area contributed by atoms with Crippen LogP contribution in [0.2, 0.25) is 5.02 Å². The summed E-state index contributed by atoms with van der Waals surface area (Å²) in [6, 6.07) is 17.9. The summed E-state index contributed by atoms with van der Waals surface area (Å²) in [6.45, 7) is 0.603. The molecule has 0 unspecified atom stereocenters. The van der Waals surface area contributed by atoms with E-state index in [1.54, 1.807) is 31.2 Å². The molecule has 0 radical (unpaired) electrons. The van der Waals surface area contributed by atoms with Crippen LogP contribution in [0, 0.1) is 11.7 Å². The number of halogens is 2. The minimum atomic E-state index is -1.05. The minimum absolute atomic E-state index is 0.110. The number of carbonyl (C=O) groups is 3. The van der Waals surface area contributed by atoms with E-state index in [1.807, 2.05) is 42.5 Å². The molecule has 1 aliphatic rings. The lowest BCUT2D eigenvalue weighted by Gasteiger charge is -2.37. The maximum atomic E-state index is 14.7. The van der Waals surface area contributed by atoms with Crippen molar-refractivity contribution in [2.45, 2.75) is 38.3 Å². The summed E-state index contributed by atoms with van der Waals surface area (Å²) in [7, 11) is 3.27. The van der Waals surface area contributed by atoms with Gasteiger partial charge in [0.15, 0.2) is 0 Å². The van der Waals surface area contributed by atoms with Gasteiger partial charge >= 0.3 is 6.09 Å². The van der Waals surface area contributed by atoms with E-state index in [2.05, 4.69) is 5.32 Å². The first-order valence-electron chi connectivity index (χ1n) is 14.3. The fourth-order valence-corrected chi connectivity index (χ4v) is 7.32. The largest absolute Gasteiger partial charge is 0.496 e. The smallest absolute Gasteiger partial charge is 0.404 e. The number of methoxy groups -OCH3 is 1. The van der Waals surface area contributed by atoms with Crippen LogP contribution < -0.4 is 15.0 Å². The van der Waals surface area contributed by atoms with Gasteiger partial charge in [0.2, 0.25) is 6.41 Å². The molecular formula is C33H33ClFN3O5S. The summed E-state index contributed by atoms with van der Waals surface area (Å²) in [5.74, 6) is 0.0500. The number of rotatable bonds is 10. The quantitative estimate of drug-likeness (QED) is 0.176. The zero-order chi connectivity index (χ0) is 31.4. The molecule has 1 aromatic heterocycles. The number of nitrogens with zero attached hydrogens (tertiary/aromatic N) is 2. The van der Waals surface area contributed by atoms with Gasteiger partial charge in [-0.2, -0.15) is 0 Å². The molecule has 1 heterocycles. The highest BCUT2D eigenvalue weighted by atomic mass is 35.5. The lowest BCUT2D eigenvalue weighted by atomic mass is 9.85. The van der Waals surface area contributed by atoms with E-state index in [0.29, 0.717) is 29.8 Å². The van der Waals surface area contributed by atoms with E-state index in [-0.39, 0.29) is 39.7 Å². The molecule has 0 spiro atoms. The fraction of sp³-hybridized carbons (Fsp3) is 0.303. The van der Waals surface area contributed by atoms with Crippen LogP contribution in [0.3, 0.4) is 0 Å². The third-order valence-electron chi connectivity index (χ3n) is 8.25. The van der Waals surface area contributed by atoms with Gasteiger partial charge in [-0.15, -0.1) is 11.3 Å². The average Bonchev–Trinajstić information content (AvgIpc) is 3.39. The van der Waals surface area contributed by atoms with Crippen LogP contribution in [0.1, 0.15) is 40.9 Å². The molecule has 2 N–H and O–H groups in total. The number of fused-ring (bicyclic) bond motifs is 1. The molecule has 1 fully saturated rings. The van der Waals surface area contributed by atoms with Crippen molar-refractivity contribution in [3.63, 3.8) is 0 Å². The Kier molecular flexibility index (Phi) is 9.71. The molecule has 4 aromatic rings. The third kappa shape index (κ3) is 6.66. The Hall–Kier alpha value is -4.15. The zero-order valence-corrected chi connectivity index (χ0v) is 26.0. The summed E-state index contributed by atoms with van der Waals surface area (Å²) in [6.07, 6.45) is 2.57. The molecule has 3 amide bonds. The lowest BCUT2D eigenvalue weighted by molar-refractivity contribution is -0.107. The summed E-state index contributed by atoms with van der Waals surface area (Å²) >= 11 is 7.83. The number of nitrogens with one attached hydrogen (secondary N) is 1. The first kappa shape index (κ1) is 31.3. The number of anilines is 1. The van der Waals surface area contributed by atoms with Crippen molar-refractivity contribution in [3.05, 3.63) is 81.9 Å². The van der Waals surface area contributed by atoms with Gasteiger partial charge in [-0.3, -0.25) is 9.59 Å². The van der Waals surface area contributed by atoms with Crippen molar-refractivity contribution in [2.75, 3.05) is 25.6 Å². The van der Waals surface area contributed by atoms with Gasteiger partial charge in [0, 0.05) is 47.5 Å². The summed E-state index contributed by atoms with van der Waals surface area (Å²) in [4.78, 5) is 40.0. The molecule has 1 aliphatic carbocycles. The molecule has 230 valence electrons. The Labute approximate surface area is 264 Å². The maximum absolute atomic E-state index is 14.7. The van der Waals surface area contributed by atoms with E-state index in [4.69, 9.17) is 21.4 Å². The third-order valence-corrected chi connectivity index (χ3v) is 9.88. The van der Waals surface area contributed by atoms with Crippen LogP contribution >= 0.6 is 22.9 Å². The van der Waals surface area contributed by atoms with Crippen LogP contribution in [0.4, 0.5) is 14.9 Å². The van der Waals surface area contributed by atoms with Gasteiger partial charge < -0.3 is 25.0 Å². The molecule has 3 aromatic carbocycles. The number of amides is 3. The normalized spacial score (nSPS) is 16.4. The molecule has 0 saturated heterocycles. The Morgan fingerprint density at radius 3 is 2.43 bits per heavy atom. The first-order valence-corrected chi connectivity index (χ1v) is 15.5. The minimum Gasteiger partial charge on any atom is -0.496 e. The highest BCUT2D eigenvalue weighted by molar-refractivity contribution is 7.21. The van der Waals surface area contributed by atoms with Crippen LogP contribution in [0.15, 0.2) is 60.7 Å². The molecule has 44 heavy (non-hydrogen) atoms. The Balaban J connectivity index is 1.48.